The van der Waals surface area contributed by atoms with E-state index in [1.165, 1.54) is 12.1 Å². The molecule has 3 N–H and O–H groups in total. The molecule has 0 spiro atoms. The second-order valence-corrected chi connectivity index (χ2v) is 5.69. The number of ether oxygens (including phenoxy) is 1. The van der Waals surface area contributed by atoms with Crippen molar-refractivity contribution in [3.63, 3.8) is 0 Å². The molecule has 0 radical (unpaired) electrons. The average molecular weight is 312 g/mol. The molecule has 1 aromatic rings. The van der Waals surface area contributed by atoms with E-state index >= 15 is 0 Å². The molecule has 4 nitrogen and oxygen atoms in total. The van der Waals surface area contributed by atoms with Crippen molar-refractivity contribution in [2.75, 3.05) is 39.4 Å². The largest absolute Gasteiger partial charge is 0.370 e. The van der Waals surface area contributed by atoms with Gasteiger partial charge in [-0.2, -0.15) is 0 Å². The number of halogens is 1. The Morgan fingerprint density at radius 2 is 2.00 bits per heavy atom. The fourth-order valence-electron chi connectivity index (χ4n) is 2.35. The second kappa shape index (κ2) is 8.26. The number of benzene rings is 1. The van der Waals surface area contributed by atoms with E-state index in [0.29, 0.717) is 5.11 Å². The molecule has 1 aliphatic rings. The topological polar surface area (TPSA) is 37.7 Å². The van der Waals surface area contributed by atoms with E-state index in [-0.39, 0.29) is 11.9 Å². The predicted molar refractivity (Wildman–Crippen MR) is 84.9 cm³/mol. The van der Waals surface area contributed by atoms with Crippen molar-refractivity contribution in [1.29, 1.82) is 0 Å². The Morgan fingerprint density at radius 1 is 1.33 bits per heavy atom. The normalized spacial score (nSPS) is 17.2. The van der Waals surface area contributed by atoms with Gasteiger partial charge >= 0.3 is 0 Å². The number of morpholine rings is 1. The lowest BCUT2D eigenvalue weighted by atomic mass is 10.1. The molecule has 0 aromatic heterocycles. The lowest BCUT2D eigenvalue weighted by molar-refractivity contribution is -0.906. The van der Waals surface area contributed by atoms with E-state index in [4.69, 9.17) is 17.0 Å². The number of hydrogen-bond donors (Lipinski definition) is 3. The summed E-state index contributed by atoms with van der Waals surface area (Å²) < 4.78 is 18.2. The van der Waals surface area contributed by atoms with Crippen LogP contribution in [0, 0.1) is 5.82 Å². The van der Waals surface area contributed by atoms with Crippen LogP contribution in [0.15, 0.2) is 24.3 Å². The molecule has 1 saturated heterocycles. The summed E-state index contributed by atoms with van der Waals surface area (Å²) in [5.41, 5.74) is 1.01. The SMILES string of the molecule is C[C@@H](NC(=S)NCC[NH+]1CCOCC1)c1ccc(F)cc1. The van der Waals surface area contributed by atoms with Crippen molar-refractivity contribution in [2.24, 2.45) is 0 Å². The maximum Gasteiger partial charge on any atom is 0.166 e. The minimum absolute atomic E-state index is 0.0568. The lowest BCUT2D eigenvalue weighted by Gasteiger charge is -2.24. The van der Waals surface area contributed by atoms with Gasteiger partial charge in [0, 0.05) is 0 Å². The molecule has 0 saturated carbocycles. The lowest BCUT2D eigenvalue weighted by Crippen LogP contribution is -3.14. The molecule has 0 amide bonds. The van der Waals surface area contributed by atoms with Crippen LogP contribution in [0.1, 0.15) is 18.5 Å². The molecule has 1 heterocycles. The molecule has 1 aromatic carbocycles. The third-order valence-corrected chi connectivity index (χ3v) is 3.94. The molecule has 2 rings (SSSR count). The molecular weight excluding hydrogens is 289 g/mol. The molecule has 21 heavy (non-hydrogen) atoms. The summed E-state index contributed by atoms with van der Waals surface area (Å²) >= 11 is 5.29. The van der Waals surface area contributed by atoms with E-state index in [1.54, 1.807) is 17.0 Å². The fourth-order valence-corrected chi connectivity index (χ4v) is 2.62. The van der Waals surface area contributed by atoms with Gasteiger partial charge in [0.05, 0.1) is 32.3 Å². The van der Waals surface area contributed by atoms with Crippen LogP contribution in [0.25, 0.3) is 0 Å². The first-order valence-corrected chi connectivity index (χ1v) is 7.77. The summed E-state index contributed by atoms with van der Waals surface area (Å²) in [6, 6.07) is 6.53. The average Bonchev–Trinajstić information content (AvgIpc) is 2.49. The first-order chi connectivity index (χ1) is 10.1. The van der Waals surface area contributed by atoms with Crippen molar-refractivity contribution in [3.05, 3.63) is 35.6 Å². The Kier molecular flexibility index (Phi) is 6.35. The van der Waals surface area contributed by atoms with Crippen molar-refractivity contribution in [2.45, 2.75) is 13.0 Å². The van der Waals surface area contributed by atoms with Crippen LogP contribution >= 0.6 is 12.2 Å². The van der Waals surface area contributed by atoms with Crippen molar-refractivity contribution in [3.8, 4) is 0 Å². The smallest absolute Gasteiger partial charge is 0.166 e. The highest BCUT2D eigenvalue weighted by Gasteiger charge is 2.13. The van der Waals surface area contributed by atoms with Crippen LogP contribution in [-0.4, -0.2) is 44.5 Å². The van der Waals surface area contributed by atoms with Crippen LogP contribution in [0.3, 0.4) is 0 Å². The van der Waals surface area contributed by atoms with Crippen LogP contribution < -0.4 is 15.5 Å². The van der Waals surface area contributed by atoms with Gasteiger partial charge < -0.3 is 20.3 Å². The van der Waals surface area contributed by atoms with Gasteiger partial charge in [-0.15, -0.1) is 0 Å². The van der Waals surface area contributed by atoms with Gasteiger partial charge in [-0.3, -0.25) is 0 Å². The van der Waals surface area contributed by atoms with Crippen LogP contribution in [0.2, 0.25) is 0 Å². The number of nitrogens with one attached hydrogen (secondary N) is 3. The number of hydrogen-bond acceptors (Lipinski definition) is 2. The summed E-state index contributed by atoms with van der Waals surface area (Å²) in [6.07, 6.45) is 0. The Labute approximate surface area is 130 Å². The van der Waals surface area contributed by atoms with Gasteiger partial charge in [-0.1, -0.05) is 12.1 Å². The standard InChI is InChI=1S/C15H22FN3OS/c1-12(13-2-4-14(16)5-3-13)18-15(21)17-6-7-19-8-10-20-11-9-19/h2-5,12H,6-11H2,1H3,(H2,17,18,21)/p+1/t12-/m1/s1. The highest BCUT2D eigenvalue weighted by molar-refractivity contribution is 7.80. The first-order valence-electron chi connectivity index (χ1n) is 7.36. The highest BCUT2D eigenvalue weighted by Crippen LogP contribution is 2.12. The molecule has 1 aliphatic heterocycles. The minimum Gasteiger partial charge on any atom is -0.370 e. The van der Waals surface area contributed by atoms with E-state index < -0.39 is 0 Å². The molecule has 6 heteroatoms. The number of thiocarbonyl (C=S) groups is 1. The minimum atomic E-state index is -0.222. The van der Waals surface area contributed by atoms with Gasteiger partial charge in [-0.25, -0.2) is 4.39 Å². The molecule has 0 aliphatic carbocycles. The first kappa shape index (κ1) is 16.1. The van der Waals surface area contributed by atoms with Crippen LogP contribution in [0.5, 0.6) is 0 Å². The molecule has 1 atom stereocenters. The molecule has 0 unspecified atom stereocenters. The summed E-state index contributed by atoms with van der Waals surface area (Å²) in [6.45, 7) is 7.71. The van der Waals surface area contributed by atoms with E-state index in [0.717, 1.165) is 45.0 Å². The Morgan fingerprint density at radius 3 is 2.67 bits per heavy atom. The van der Waals surface area contributed by atoms with E-state index in [9.17, 15) is 4.39 Å². The van der Waals surface area contributed by atoms with Crippen molar-refractivity contribution in [1.82, 2.24) is 10.6 Å². The zero-order chi connectivity index (χ0) is 15.1. The van der Waals surface area contributed by atoms with E-state index in [2.05, 4.69) is 10.6 Å². The third-order valence-electron chi connectivity index (χ3n) is 3.68. The molecule has 0 bridgehead atoms. The Bertz CT molecular complexity index is 449. The van der Waals surface area contributed by atoms with Crippen molar-refractivity contribution >= 4 is 17.3 Å². The summed E-state index contributed by atoms with van der Waals surface area (Å²) in [5, 5.41) is 7.08. The Balaban J connectivity index is 1.67. The maximum atomic E-state index is 12.9. The van der Waals surface area contributed by atoms with E-state index in [1.807, 2.05) is 6.92 Å². The second-order valence-electron chi connectivity index (χ2n) is 5.29. The zero-order valence-corrected chi connectivity index (χ0v) is 13.1. The number of quaternary nitrogens is 1. The van der Waals surface area contributed by atoms with Crippen LogP contribution in [-0.2, 0) is 4.74 Å². The fraction of sp³-hybridized carbons (Fsp3) is 0.533. The van der Waals surface area contributed by atoms with Gasteiger partial charge in [0.2, 0.25) is 0 Å². The summed E-state index contributed by atoms with van der Waals surface area (Å²) in [4.78, 5) is 1.54. The Hall–Kier alpha value is -1.24. The van der Waals surface area contributed by atoms with Gasteiger partial charge in [0.15, 0.2) is 5.11 Å². The third kappa shape index (κ3) is 5.57. The quantitative estimate of drug-likeness (QED) is 0.682. The maximum absolute atomic E-state index is 12.9. The van der Waals surface area contributed by atoms with Gasteiger partial charge in [0.25, 0.3) is 0 Å². The van der Waals surface area contributed by atoms with Crippen LogP contribution in [0.4, 0.5) is 4.39 Å². The monoisotopic (exact) mass is 312 g/mol. The van der Waals surface area contributed by atoms with Crippen molar-refractivity contribution < 1.29 is 14.0 Å². The van der Waals surface area contributed by atoms with Gasteiger partial charge in [-0.05, 0) is 36.8 Å². The molecule has 116 valence electrons. The number of rotatable bonds is 5. The summed E-state index contributed by atoms with van der Waals surface area (Å²) in [7, 11) is 0. The molecular formula is C15H23FN3OS+. The zero-order valence-electron chi connectivity index (χ0n) is 12.3. The van der Waals surface area contributed by atoms with Gasteiger partial charge in [0.1, 0.15) is 18.9 Å². The highest BCUT2D eigenvalue weighted by atomic mass is 32.1. The molecule has 1 fully saturated rings. The summed E-state index contributed by atoms with van der Waals surface area (Å²) in [5.74, 6) is -0.222. The predicted octanol–water partition coefficient (Wildman–Crippen LogP) is 0.266.